The van der Waals surface area contributed by atoms with Crippen LogP contribution in [0.3, 0.4) is 0 Å². The van der Waals surface area contributed by atoms with Crippen molar-refractivity contribution in [3.63, 3.8) is 0 Å². The number of hydrogen-bond donors (Lipinski definition) is 1. The Bertz CT molecular complexity index is 1580. The second kappa shape index (κ2) is 9.53. The van der Waals surface area contributed by atoms with E-state index in [1.165, 1.54) is 30.5 Å². The third kappa shape index (κ3) is 5.05. The number of aromatic nitrogens is 3. The molecule has 0 radical (unpaired) electrons. The number of pyridine rings is 1. The minimum Gasteiger partial charge on any atom is -0.454 e. The Morgan fingerprint density at radius 3 is 2.44 bits per heavy atom. The van der Waals surface area contributed by atoms with Gasteiger partial charge in [0.15, 0.2) is 11.6 Å². The molecule has 2 amide bonds. The lowest BCUT2D eigenvalue weighted by Gasteiger charge is -2.27. The quantitative estimate of drug-likeness (QED) is 0.252. The fourth-order valence-electron chi connectivity index (χ4n) is 4.13. The Morgan fingerprint density at radius 1 is 1.08 bits per heavy atom. The van der Waals surface area contributed by atoms with Gasteiger partial charge in [-0.1, -0.05) is 6.07 Å². The van der Waals surface area contributed by atoms with Gasteiger partial charge in [0.2, 0.25) is 11.8 Å². The van der Waals surface area contributed by atoms with Gasteiger partial charge in [0.25, 0.3) is 0 Å². The van der Waals surface area contributed by atoms with Crippen LogP contribution in [0.5, 0.6) is 11.5 Å². The molecular formula is C27H21F4N5O3. The predicted molar refractivity (Wildman–Crippen MR) is 132 cm³/mol. The van der Waals surface area contributed by atoms with Crippen molar-refractivity contribution < 1.29 is 31.9 Å². The molecule has 2 N–H and O–H groups in total. The summed E-state index contributed by atoms with van der Waals surface area (Å²) < 4.78 is 62.8. The maximum Gasteiger partial charge on any atom is 0.416 e. The first-order valence-electron chi connectivity index (χ1n) is 11.7. The third-order valence-corrected chi connectivity index (χ3v) is 6.40. The number of benzene rings is 2. The van der Waals surface area contributed by atoms with Crippen molar-refractivity contribution in [2.75, 3.05) is 4.90 Å². The second-order valence-electron chi connectivity index (χ2n) is 9.13. The number of nitrogens with two attached hydrogens (primary N) is 1. The molecule has 8 nitrogen and oxygen atoms in total. The molecule has 0 spiro atoms. The van der Waals surface area contributed by atoms with Gasteiger partial charge in [-0.25, -0.2) is 4.39 Å². The van der Waals surface area contributed by atoms with Crippen molar-refractivity contribution in [2.45, 2.75) is 19.0 Å². The summed E-state index contributed by atoms with van der Waals surface area (Å²) in [6.07, 6.45) is 0.438. The van der Waals surface area contributed by atoms with Gasteiger partial charge in [0.1, 0.15) is 11.2 Å². The molecule has 1 saturated carbocycles. The average Bonchev–Trinajstić information content (AvgIpc) is 3.60. The van der Waals surface area contributed by atoms with Gasteiger partial charge in [-0.2, -0.15) is 18.3 Å². The van der Waals surface area contributed by atoms with Crippen molar-refractivity contribution in [3.05, 3.63) is 84.6 Å². The zero-order valence-electron chi connectivity index (χ0n) is 20.4. The molecule has 5 rings (SSSR count). The number of aryl methyl sites for hydroxylation is 1. The summed E-state index contributed by atoms with van der Waals surface area (Å²) in [5.74, 6) is -2.55. The lowest BCUT2D eigenvalue weighted by Crippen LogP contribution is -2.41. The molecule has 0 bridgehead atoms. The fourth-order valence-corrected chi connectivity index (χ4v) is 4.13. The molecule has 2 heterocycles. The molecule has 2 aromatic heterocycles. The highest BCUT2D eigenvalue weighted by Crippen LogP contribution is 2.49. The van der Waals surface area contributed by atoms with E-state index in [0.29, 0.717) is 5.69 Å². The van der Waals surface area contributed by atoms with Crippen LogP contribution in [0.1, 0.15) is 18.4 Å². The Morgan fingerprint density at radius 2 is 1.82 bits per heavy atom. The van der Waals surface area contributed by atoms with Crippen LogP contribution in [0.15, 0.2) is 73.2 Å². The van der Waals surface area contributed by atoms with Gasteiger partial charge in [-0.05, 0) is 49.2 Å². The Labute approximate surface area is 219 Å². The minimum atomic E-state index is -4.69. The number of halogens is 4. The largest absolute Gasteiger partial charge is 0.454 e. The highest BCUT2D eigenvalue weighted by molar-refractivity contribution is 6.16. The van der Waals surface area contributed by atoms with Crippen molar-refractivity contribution in [3.8, 4) is 22.8 Å². The highest BCUT2D eigenvalue weighted by atomic mass is 19.4. The van der Waals surface area contributed by atoms with E-state index in [2.05, 4.69) is 10.1 Å². The minimum absolute atomic E-state index is 0.0949. The normalized spacial score (nSPS) is 14.1. The number of rotatable bonds is 7. The van der Waals surface area contributed by atoms with E-state index in [1.807, 2.05) is 0 Å². The molecule has 0 atom stereocenters. The standard InChI is InChI=1S/C27H21F4N5O3/c1-35-15-16(14-34-35)22-13-20(7-10-33-22)39-23-6-5-19(12-21(23)28)36(25(38)26(8-9-26)24(32)37)18-4-2-3-17(11-18)27(29,30)31/h2-7,10-15H,8-9H2,1H3,(H2,32,37). The van der Waals surface area contributed by atoms with Crippen molar-refractivity contribution in [2.24, 2.45) is 18.2 Å². The number of amides is 2. The fraction of sp³-hybridized carbons (Fsp3) is 0.185. The summed E-state index contributed by atoms with van der Waals surface area (Å²) in [6.45, 7) is 0. The SMILES string of the molecule is Cn1cc(-c2cc(Oc3ccc(N(C(=O)C4(C(N)=O)CC4)c4cccc(C(F)(F)F)c4)cc3F)ccn2)cn1. The summed E-state index contributed by atoms with van der Waals surface area (Å²) in [5.41, 5.74) is 3.85. The summed E-state index contributed by atoms with van der Waals surface area (Å²) in [4.78, 5) is 30.7. The van der Waals surface area contributed by atoms with E-state index in [0.717, 1.165) is 34.7 Å². The van der Waals surface area contributed by atoms with Crippen molar-refractivity contribution in [1.29, 1.82) is 0 Å². The van der Waals surface area contributed by atoms with Crippen molar-refractivity contribution in [1.82, 2.24) is 14.8 Å². The van der Waals surface area contributed by atoms with Crippen LogP contribution in [-0.2, 0) is 22.8 Å². The molecule has 0 unspecified atom stereocenters. The Hall–Kier alpha value is -4.74. The maximum atomic E-state index is 15.3. The van der Waals surface area contributed by atoms with E-state index in [4.69, 9.17) is 10.5 Å². The molecule has 0 saturated heterocycles. The molecule has 4 aromatic rings. The topological polar surface area (TPSA) is 103 Å². The third-order valence-electron chi connectivity index (χ3n) is 6.40. The number of alkyl halides is 3. The summed E-state index contributed by atoms with van der Waals surface area (Å²) in [7, 11) is 1.75. The number of anilines is 2. The number of carbonyl (C=O) groups excluding carboxylic acids is 2. The predicted octanol–water partition coefficient (Wildman–Crippen LogP) is 5.36. The van der Waals surface area contributed by atoms with Gasteiger partial charge in [-0.3, -0.25) is 24.2 Å². The van der Waals surface area contributed by atoms with Gasteiger partial charge >= 0.3 is 6.18 Å². The summed E-state index contributed by atoms with van der Waals surface area (Å²) >= 11 is 0. The van der Waals surface area contributed by atoms with Gasteiger partial charge < -0.3 is 10.5 Å². The van der Waals surface area contributed by atoms with E-state index in [9.17, 15) is 22.8 Å². The van der Waals surface area contributed by atoms with Crippen LogP contribution in [-0.4, -0.2) is 26.6 Å². The van der Waals surface area contributed by atoms with Crippen LogP contribution in [0.25, 0.3) is 11.3 Å². The lowest BCUT2D eigenvalue weighted by atomic mass is 10.0. The zero-order chi connectivity index (χ0) is 27.9. The van der Waals surface area contributed by atoms with E-state index in [1.54, 1.807) is 30.2 Å². The summed E-state index contributed by atoms with van der Waals surface area (Å²) in [6, 6.07) is 10.6. The molecule has 12 heteroatoms. The second-order valence-corrected chi connectivity index (χ2v) is 9.13. The lowest BCUT2D eigenvalue weighted by molar-refractivity contribution is -0.138. The molecule has 2 aromatic carbocycles. The van der Waals surface area contributed by atoms with Crippen LogP contribution >= 0.6 is 0 Å². The Balaban J connectivity index is 1.50. The molecular weight excluding hydrogens is 518 g/mol. The number of carbonyl (C=O) groups is 2. The van der Waals surface area contributed by atoms with Crippen molar-refractivity contribution >= 4 is 23.2 Å². The number of primary amides is 1. The van der Waals surface area contributed by atoms with Crippen LogP contribution in [0.4, 0.5) is 28.9 Å². The smallest absolute Gasteiger partial charge is 0.416 e. The first kappa shape index (κ1) is 25.9. The molecule has 1 fully saturated rings. The summed E-state index contributed by atoms with van der Waals surface area (Å²) in [5, 5.41) is 4.09. The van der Waals surface area contributed by atoms with E-state index in [-0.39, 0.29) is 35.7 Å². The number of nitrogens with zero attached hydrogens (tertiary/aromatic N) is 4. The maximum absolute atomic E-state index is 15.3. The van der Waals surface area contributed by atoms with Gasteiger partial charge in [0, 0.05) is 42.8 Å². The van der Waals surface area contributed by atoms with Crippen LogP contribution in [0.2, 0.25) is 0 Å². The van der Waals surface area contributed by atoms with Crippen LogP contribution < -0.4 is 15.4 Å². The monoisotopic (exact) mass is 539 g/mol. The molecule has 1 aliphatic carbocycles. The first-order chi connectivity index (χ1) is 18.5. The number of hydrogen-bond acceptors (Lipinski definition) is 5. The number of ether oxygens (including phenoxy) is 1. The first-order valence-corrected chi connectivity index (χ1v) is 11.7. The molecule has 200 valence electrons. The van der Waals surface area contributed by atoms with E-state index < -0.39 is 34.8 Å². The molecule has 0 aliphatic heterocycles. The Kier molecular flexibility index (Phi) is 6.33. The van der Waals surface area contributed by atoms with E-state index >= 15 is 4.39 Å². The highest BCUT2D eigenvalue weighted by Gasteiger charge is 2.57. The average molecular weight is 539 g/mol. The van der Waals surface area contributed by atoms with Crippen LogP contribution in [0, 0.1) is 11.2 Å². The molecule has 1 aliphatic rings. The molecule has 39 heavy (non-hydrogen) atoms. The van der Waals surface area contributed by atoms with Gasteiger partial charge in [-0.15, -0.1) is 0 Å². The zero-order valence-corrected chi connectivity index (χ0v) is 20.4. The van der Waals surface area contributed by atoms with Gasteiger partial charge in [0.05, 0.1) is 23.1 Å².